The first kappa shape index (κ1) is 14.2. The molecule has 0 saturated heterocycles. The lowest BCUT2D eigenvalue weighted by Crippen LogP contribution is -2.03. The van der Waals surface area contributed by atoms with Gasteiger partial charge in [-0.15, -0.1) is 0 Å². The summed E-state index contributed by atoms with van der Waals surface area (Å²) < 4.78 is 14.8. The molecule has 0 aliphatic heterocycles. The van der Waals surface area contributed by atoms with Crippen LogP contribution in [0.3, 0.4) is 0 Å². The highest BCUT2D eigenvalue weighted by Crippen LogP contribution is 2.34. The third-order valence-corrected chi connectivity index (χ3v) is 4.80. The summed E-state index contributed by atoms with van der Waals surface area (Å²) in [5, 5.41) is 12.0. The predicted molar refractivity (Wildman–Crippen MR) is 86.8 cm³/mol. The lowest BCUT2D eigenvalue weighted by Gasteiger charge is -2.17. The van der Waals surface area contributed by atoms with Gasteiger partial charge in [-0.2, -0.15) is 0 Å². The molecule has 0 fully saturated rings. The molecule has 0 saturated carbocycles. The van der Waals surface area contributed by atoms with Gasteiger partial charge in [0, 0.05) is 9.86 Å². The van der Waals surface area contributed by atoms with Crippen molar-refractivity contribution in [2.45, 2.75) is 13.0 Å². The molecule has 1 nitrogen and oxygen atoms in total. The number of halogens is 2. The number of hydrogen-bond acceptors (Lipinski definition) is 1. The molecular formula is C18H14BrFO. The van der Waals surface area contributed by atoms with E-state index >= 15 is 0 Å². The monoisotopic (exact) mass is 344 g/mol. The van der Waals surface area contributed by atoms with E-state index in [-0.39, 0.29) is 5.82 Å². The van der Waals surface area contributed by atoms with Crippen molar-refractivity contribution in [3.8, 4) is 0 Å². The third-order valence-electron chi connectivity index (χ3n) is 3.72. The number of aryl methyl sites for hydroxylation is 1. The van der Waals surface area contributed by atoms with Crippen molar-refractivity contribution in [3.05, 3.63) is 81.6 Å². The molecular weight excluding hydrogens is 331 g/mol. The van der Waals surface area contributed by atoms with Crippen LogP contribution in [0.2, 0.25) is 0 Å². The van der Waals surface area contributed by atoms with Gasteiger partial charge in [-0.05, 0) is 35.1 Å². The van der Waals surface area contributed by atoms with Gasteiger partial charge >= 0.3 is 0 Å². The van der Waals surface area contributed by atoms with Crippen LogP contribution in [0.4, 0.5) is 4.39 Å². The highest BCUT2D eigenvalue weighted by molar-refractivity contribution is 9.10. The van der Waals surface area contributed by atoms with Gasteiger partial charge in [0.25, 0.3) is 0 Å². The molecule has 0 aliphatic carbocycles. The fourth-order valence-corrected chi connectivity index (χ4v) is 3.05. The highest BCUT2D eigenvalue weighted by atomic mass is 79.9. The summed E-state index contributed by atoms with van der Waals surface area (Å²) in [6.07, 6.45) is -0.801. The minimum absolute atomic E-state index is 0.273. The normalized spacial score (nSPS) is 12.6. The SMILES string of the molecule is Cc1cccc(C(O)c2ccc(F)c3ccccc23)c1Br. The van der Waals surface area contributed by atoms with Gasteiger partial charge < -0.3 is 5.11 Å². The largest absolute Gasteiger partial charge is 0.384 e. The summed E-state index contributed by atoms with van der Waals surface area (Å²) in [5.41, 5.74) is 2.54. The molecule has 3 rings (SSSR count). The Balaban J connectivity index is 2.21. The molecule has 0 amide bonds. The molecule has 0 aliphatic rings. The van der Waals surface area contributed by atoms with E-state index in [9.17, 15) is 9.50 Å². The van der Waals surface area contributed by atoms with Crippen molar-refractivity contribution < 1.29 is 9.50 Å². The number of hydrogen-bond donors (Lipinski definition) is 1. The second-order valence-corrected chi connectivity index (χ2v) is 5.86. The van der Waals surface area contributed by atoms with Crippen LogP contribution in [0.1, 0.15) is 22.8 Å². The number of aliphatic hydroxyl groups excluding tert-OH is 1. The molecule has 0 spiro atoms. The Morgan fingerprint density at radius 3 is 2.38 bits per heavy atom. The van der Waals surface area contributed by atoms with E-state index in [1.807, 2.05) is 37.3 Å². The Morgan fingerprint density at radius 1 is 0.905 bits per heavy atom. The molecule has 1 atom stereocenters. The first-order valence-corrected chi connectivity index (χ1v) is 7.49. The maximum Gasteiger partial charge on any atom is 0.131 e. The van der Waals surface area contributed by atoms with E-state index in [0.29, 0.717) is 10.9 Å². The third kappa shape index (κ3) is 2.47. The van der Waals surface area contributed by atoms with Gasteiger partial charge in [0.05, 0.1) is 0 Å². The van der Waals surface area contributed by atoms with Crippen molar-refractivity contribution >= 4 is 26.7 Å². The molecule has 0 heterocycles. The van der Waals surface area contributed by atoms with Gasteiger partial charge in [-0.1, -0.05) is 64.5 Å². The summed E-state index contributed by atoms with van der Waals surface area (Å²) in [6, 6.07) is 16.0. The number of fused-ring (bicyclic) bond motifs is 1. The van der Waals surface area contributed by atoms with Crippen molar-refractivity contribution in [2.24, 2.45) is 0 Å². The van der Waals surface area contributed by atoms with Crippen molar-refractivity contribution in [3.63, 3.8) is 0 Å². The maximum absolute atomic E-state index is 13.9. The summed E-state index contributed by atoms with van der Waals surface area (Å²) in [4.78, 5) is 0. The standard InChI is InChI=1S/C18H14BrFO/c1-11-5-4-8-15(17(11)19)18(21)14-9-10-16(20)13-7-3-2-6-12(13)14/h2-10,18,21H,1H3. The molecule has 0 bridgehead atoms. The maximum atomic E-state index is 13.9. The Bertz CT molecular complexity index is 813. The minimum atomic E-state index is -0.801. The fraction of sp³-hybridized carbons (Fsp3) is 0.111. The lowest BCUT2D eigenvalue weighted by molar-refractivity contribution is 0.221. The van der Waals surface area contributed by atoms with E-state index in [1.54, 1.807) is 18.2 Å². The van der Waals surface area contributed by atoms with Gasteiger partial charge in [0.1, 0.15) is 11.9 Å². The number of rotatable bonds is 2. The summed E-state index contributed by atoms with van der Waals surface area (Å²) in [7, 11) is 0. The highest BCUT2D eigenvalue weighted by Gasteiger charge is 2.18. The molecule has 3 heteroatoms. The van der Waals surface area contributed by atoms with Crippen LogP contribution < -0.4 is 0 Å². The molecule has 3 aromatic carbocycles. The topological polar surface area (TPSA) is 20.2 Å². The van der Waals surface area contributed by atoms with E-state index in [1.165, 1.54) is 6.07 Å². The first-order chi connectivity index (χ1) is 10.1. The van der Waals surface area contributed by atoms with E-state index in [4.69, 9.17) is 0 Å². The van der Waals surface area contributed by atoms with Crippen LogP contribution in [-0.4, -0.2) is 5.11 Å². The summed E-state index contributed by atoms with van der Waals surface area (Å²) in [6.45, 7) is 1.98. The zero-order chi connectivity index (χ0) is 15.0. The average molecular weight is 345 g/mol. The lowest BCUT2D eigenvalue weighted by atomic mass is 9.95. The Kier molecular flexibility index (Phi) is 3.79. The number of benzene rings is 3. The molecule has 0 radical (unpaired) electrons. The van der Waals surface area contributed by atoms with Gasteiger partial charge in [-0.25, -0.2) is 4.39 Å². The minimum Gasteiger partial charge on any atom is -0.384 e. The van der Waals surface area contributed by atoms with Crippen LogP contribution in [0.15, 0.2) is 59.1 Å². The van der Waals surface area contributed by atoms with Crippen molar-refractivity contribution in [2.75, 3.05) is 0 Å². The smallest absolute Gasteiger partial charge is 0.131 e. The fourth-order valence-electron chi connectivity index (χ4n) is 2.57. The van der Waals surface area contributed by atoms with E-state index in [0.717, 1.165) is 21.0 Å². The van der Waals surface area contributed by atoms with Crippen LogP contribution in [0, 0.1) is 12.7 Å². The second-order valence-electron chi connectivity index (χ2n) is 5.06. The zero-order valence-corrected chi connectivity index (χ0v) is 13.1. The van der Waals surface area contributed by atoms with Crippen molar-refractivity contribution in [1.29, 1.82) is 0 Å². The second kappa shape index (κ2) is 5.58. The van der Waals surface area contributed by atoms with Gasteiger partial charge in [0.2, 0.25) is 0 Å². The molecule has 106 valence electrons. The molecule has 0 aromatic heterocycles. The van der Waals surface area contributed by atoms with Crippen molar-refractivity contribution in [1.82, 2.24) is 0 Å². The molecule has 1 N–H and O–H groups in total. The van der Waals surface area contributed by atoms with Crippen LogP contribution in [0.25, 0.3) is 10.8 Å². The molecule has 3 aromatic rings. The van der Waals surface area contributed by atoms with E-state index in [2.05, 4.69) is 15.9 Å². The molecule has 1 unspecified atom stereocenters. The number of aliphatic hydroxyl groups is 1. The Labute approximate surface area is 131 Å². The predicted octanol–water partition coefficient (Wildman–Crippen LogP) is 5.13. The molecule has 21 heavy (non-hydrogen) atoms. The Hall–Kier alpha value is -1.71. The van der Waals surface area contributed by atoms with Crippen LogP contribution >= 0.6 is 15.9 Å². The quantitative estimate of drug-likeness (QED) is 0.683. The van der Waals surface area contributed by atoms with Gasteiger partial charge in [0.15, 0.2) is 0 Å². The van der Waals surface area contributed by atoms with Crippen LogP contribution in [-0.2, 0) is 0 Å². The zero-order valence-electron chi connectivity index (χ0n) is 11.5. The van der Waals surface area contributed by atoms with E-state index < -0.39 is 6.10 Å². The van der Waals surface area contributed by atoms with Gasteiger partial charge in [-0.3, -0.25) is 0 Å². The Morgan fingerprint density at radius 2 is 1.62 bits per heavy atom. The average Bonchev–Trinajstić information content (AvgIpc) is 2.50. The van der Waals surface area contributed by atoms with Crippen LogP contribution in [0.5, 0.6) is 0 Å². The summed E-state index contributed by atoms with van der Waals surface area (Å²) in [5.74, 6) is -0.273. The summed E-state index contributed by atoms with van der Waals surface area (Å²) >= 11 is 3.52. The first-order valence-electron chi connectivity index (χ1n) is 6.70.